The Morgan fingerprint density at radius 3 is 2.67 bits per heavy atom. The Morgan fingerprint density at radius 2 is 1.95 bits per heavy atom. The summed E-state index contributed by atoms with van der Waals surface area (Å²) >= 11 is 1.35. The van der Waals surface area contributed by atoms with E-state index in [1.807, 2.05) is 11.6 Å². The number of likely N-dealkylation sites (tertiary alicyclic amines) is 1. The molecule has 43 heavy (non-hydrogen) atoms. The number of thiazole rings is 1. The molecule has 8 nitrogen and oxygen atoms in total. The van der Waals surface area contributed by atoms with Gasteiger partial charge >= 0.3 is 0 Å². The fraction of sp³-hybridized carbons (Fsp3) is 0.394. The van der Waals surface area contributed by atoms with Crippen LogP contribution in [0.25, 0.3) is 22.0 Å². The van der Waals surface area contributed by atoms with E-state index in [0.717, 1.165) is 45.4 Å². The van der Waals surface area contributed by atoms with Crippen molar-refractivity contribution in [2.45, 2.75) is 64.7 Å². The third-order valence-corrected chi connectivity index (χ3v) is 9.92. The largest absolute Gasteiger partial charge is 0.331 e. The lowest BCUT2D eigenvalue weighted by atomic mass is 9.88. The molecule has 222 valence electrons. The molecule has 1 N–H and O–H groups in total. The van der Waals surface area contributed by atoms with Crippen LogP contribution in [0.15, 0.2) is 54.4 Å². The fourth-order valence-electron chi connectivity index (χ4n) is 6.78. The lowest BCUT2D eigenvalue weighted by Crippen LogP contribution is -2.32. The number of piperidine rings is 1. The van der Waals surface area contributed by atoms with Crippen molar-refractivity contribution in [1.29, 1.82) is 0 Å². The molecule has 10 heteroatoms. The molecule has 1 fully saturated rings. The Labute approximate surface area is 254 Å². The Balaban J connectivity index is 1.24. The number of nitrogens with zero attached hydrogens (tertiary/aromatic N) is 6. The smallest absolute Gasteiger partial charge is 0.257 e. The number of carbonyl (C=O) groups excluding carboxylic acids is 1. The van der Waals surface area contributed by atoms with Crippen molar-refractivity contribution in [2.75, 3.05) is 25.0 Å². The number of anilines is 1. The molecule has 5 aromatic rings. The van der Waals surface area contributed by atoms with Gasteiger partial charge in [0.1, 0.15) is 6.17 Å². The van der Waals surface area contributed by atoms with Gasteiger partial charge in [0.05, 0.1) is 24.1 Å². The summed E-state index contributed by atoms with van der Waals surface area (Å²) in [6.07, 6.45) is 6.85. The number of hydrogen-bond donors (Lipinski definition) is 1. The summed E-state index contributed by atoms with van der Waals surface area (Å²) < 4.78 is 17.9. The van der Waals surface area contributed by atoms with Gasteiger partial charge in [-0.15, -0.1) is 11.3 Å². The first kappa shape index (κ1) is 27.9. The minimum atomic E-state index is -0.987. The van der Waals surface area contributed by atoms with Gasteiger partial charge in [-0.3, -0.25) is 14.8 Å². The van der Waals surface area contributed by atoms with Crippen LogP contribution in [-0.4, -0.2) is 60.9 Å². The van der Waals surface area contributed by atoms with Crippen molar-refractivity contribution >= 4 is 33.3 Å². The Bertz CT molecular complexity index is 1770. The van der Waals surface area contributed by atoms with Crippen LogP contribution >= 0.6 is 11.3 Å². The van der Waals surface area contributed by atoms with E-state index >= 15 is 0 Å². The number of benzene rings is 2. The molecular weight excluding hydrogens is 561 g/mol. The summed E-state index contributed by atoms with van der Waals surface area (Å²) in [6, 6.07) is 10.4. The number of imidazole rings is 1. The SMILES string of the molecule is CCN1CCC(c2ccc(-c3cc(C)c4cn(C(C(=O)Nc5nccs5)c5ncn6c5C[C@@H](F)C6)nc4c3C)cc2)CC1. The van der Waals surface area contributed by atoms with Crippen molar-refractivity contribution in [1.82, 2.24) is 29.2 Å². The maximum atomic E-state index is 14.4. The van der Waals surface area contributed by atoms with Crippen LogP contribution in [-0.2, 0) is 17.8 Å². The van der Waals surface area contributed by atoms with Crippen LogP contribution in [0.5, 0.6) is 0 Å². The normalized spacial score (nSPS) is 18.3. The van der Waals surface area contributed by atoms with Crippen molar-refractivity contribution in [2.24, 2.45) is 0 Å². The van der Waals surface area contributed by atoms with E-state index in [9.17, 15) is 9.18 Å². The van der Waals surface area contributed by atoms with E-state index in [1.54, 1.807) is 21.8 Å². The van der Waals surface area contributed by atoms with Gasteiger partial charge in [-0.2, -0.15) is 5.10 Å². The van der Waals surface area contributed by atoms with Gasteiger partial charge in [0.2, 0.25) is 0 Å². The number of aromatic nitrogens is 5. The van der Waals surface area contributed by atoms with Gasteiger partial charge in [-0.25, -0.2) is 14.4 Å². The van der Waals surface area contributed by atoms with Crippen LogP contribution in [0.2, 0.25) is 0 Å². The average Bonchev–Trinajstić information content (AvgIpc) is 3.82. The predicted octanol–water partition coefficient (Wildman–Crippen LogP) is 6.29. The topological polar surface area (TPSA) is 80.9 Å². The van der Waals surface area contributed by atoms with Gasteiger partial charge in [0.15, 0.2) is 11.2 Å². The van der Waals surface area contributed by atoms with Crippen molar-refractivity contribution in [3.8, 4) is 11.1 Å². The molecule has 1 unspecified atom stereocenters. The number of halogens is 1. The average molecular weight is 598 g/mol. The molecule has 5 heterocycles. The molecule has 2 atom stereocenters. The number of alkyl halides is 1. The lowest BCUT2D eigenvalue weighted by Gasteiger charge is -2.31. The molecule has 0 radical (unpaired) electrons. The van der Waals surface area contributed by atoms with Crippen molar-refractivity contribution < 1.29 is 9.18 Å². The molecule has 1 amide bonds. The third-order valence-electron chi connectivity index (χ3n) is 9.23. The van der Waals surface area contributed by atoms with E-state index in [-0.39, 0.29) is 18.9 Å². The summed E-state index contributed by atoms with van der Waals surface area (Å²) in [4.78, 5) is 25.1. The molecule has 0 bridgehead atoms. The minimum Gasteiger partial charge on any atom is -0.331 e. The van der Waals surface area contributed by atoms with E-state index < -0.39 is 12.2 Å². The summed E-state index contributed by atoms with van der Waals surface area (Å²) in [5, 5.41) is 11.2. The highest BCUT2D eigenvalue weighted by Crippen LogP contribution is 2.36. The first-order valence-electron chi connectivity index (χ1n) is 15.1. The van der Waals surface area contributed by atoms with E-state index in [2.05, 4.69) is 71.3 Å². The van der Waals surface area contributed by atoms with Crippen LogP contribution in [0.1, 0.15) is 59.8 Å². The van der Waals surface area contributed by atoms with Gasteiger partial charge in [0, 0.05) is 35.3 Å². The molecular formula is C33H36FN7OS. The summed E-state index contributed by atoms with van der Waals surface area (Å²) in [6.45, 7) is 10.1. The molecule has 1 saturated heterocycles. The summed E-state index contributed by atoms with van der Waals surface area (Å²) in [5.41, 5.74) is 7.95. The quantitative estimate of drug-likeness (QED) is 0.238. The van der Waals surface area contributed by atoms with Crippen molar-refractivity contribution in [3.05, 3.63) is 82.5 Å². The van der Waals surface area contributed by atoms with Crippen LogP contribution < -0.4 is 5.32 Å². The van der Waals surface area contributed by atoms with Crippen LogP contribution in [0.3, 0.4) is 0 Å². The Morgan fingerprint density at radius 1 is 1.16 bits per heavy atom. The zero-order valence-electron chi connectivity index (χ0n) is 24.8. The fourth-order valence-corrected chi connectivity index (χ4v) is 7.32. The first-order chi connectivity index (χ1) is 20.9. The maximum absolute atomic E-state index is 14.4. The number of rotatable bonds is 7. The van der Waals surface area contributed by atoms with Crippen LogP contribution in [0.4, 0.5) is 9.52 Å². The molecule has 2 aliphatic rings. The van der Waals surface area contributed by atoms with Gasteiger partial charge < -0.3 is 9.47 Å². The number of amides is 1. The maximum Gasteiger partial charge on any atom is 0.257 e. The highest BCUT2D eigenvalue weighted by molar-refractivity contribution is 7.13. The second-order valence-electron chi connectivity index (χ2n) is 11.8. The van der Waals surface area contributed by atoms with Gasteiger partial charge in [-0.1, -0.05) is 37.3 Å². The number of carbonyl (C=O) groups is 1. The van der Waals surface area contributed by atoms with E-state index in [4.69, 9.17) is 5.10 Å². The Kier molecular flexibility index (Phi) is 7.34. The number of nitrogens with one attached hydrogen (secondary N) is 1. The van der Waals surface area contributed by atoms with Crippen LogP contribution in [0, 0.1) is 13.8 Å². The van der Waals surface area contributed by atoms with Gasteiger partial charge in [-0.05, 0) is 80.1 Å². The van der Waals surface area contributed by atoms with Crippen molar-refractivity contribution in [3.63, 3.8) is 0 Å². The first-order valence-corrected chi connectivity index (χ1v) is 16.0. The minimum absolute atomic E-state index is 0.229. The van der Waals surface area contributed by atoms with E-state index in [1.165, 1.54) is 42.8 Å². The molecule has 0 saturated carbocycles. The summed E-state index contributed by atoms with van der Waals surface area (Å²) in [7, 11) is 0. The monoisotopic (exact) mass is 597 g/mol. The standard InChI is InChI=1S/C33H36FN7OS/c1-4-39-12-9-23(10-13-39)22-5-7-24(8-6-22)26-15-20(2)27-18-41(38-29(27)21(26)3)31(32(42)37-33-35-11-14-43-33)30-28-16-25(34)17-40(28)19-36-30/h5-8,11,14-15,18-19,23,25,31H,4,9-10,12-13,16-17H2,1-3H3,(H,35,37,42)/t25-,31?/m1/s1. The van der Waals surface area contributed by atoms with Gasteiger partial charge in [0.25, 0.3) is 5.91 Å². The lowest BCUT2D eigenvalue weighted by molar-refractivity contribution is -0.118. The Hall–Kier alpha value is -3.89. The highest BCUT2D eigenvalue weighted by Gasteiger charge is 2.34. The molecule has 2 aliphatic heterocycles. The summed E-state index contributed by atoms with van der Waals surface area (Å²) in [5.74, 6) is 0.310. The second kappa shape index (κ2) is 11.3. The zero-order chi connectivity index (χ0) is 29.7. The predicted molar refractivity (Wildman–Crippen MR) is 168 cm³/mol. The van der Waals surface area contributed by atoms with E-state index in [0.29, 0.717) is 16.7 Å². The highest BCUT2D eigenvalue weighted by atomic mass is 32.1. The third kappa shape index (κ3) is 5.16. The zero-order valence-corrected chi connectivity index (χ0v) is 25.6. The molecule has 2 aromatic carbocycles. The number of hydrogen-bond acceptors (Lipinski definition) is 6. The molecule has 3 aromatic heterocycles. The second-order valence-corrected chi connectivity index (χ2v) is 12.7. The molecule has 7 rings (SSSR count). The molecule has 0 aliphatic carbocycles. The number of fused-ring (bicyclic) bond motifs is 2. The molecule has 0 spiro atoms. The number of aryl methyl sites for hydroxylation is 2.